The second-order valence-corrected chi connectivity index (χ2v) is 12.2. The minimum atomic E-state index is -4.39. The van der Waals surface area contributed by atoms with E-state index < -0.39 is 18.4 Å². The van der Waals surface area contributed by atoms with E-state index in [-0.39, 0.29) is 29.3 Å². The van der Waals surface area contributed by atoms with Crippen molar-refractivity contribution in [3.05, 3.63) is 126 Å². The Labute approximate surface area is 314 Å². The molecule has 0 aliphatic carbocycles. The Morgan fingerprint density at radius 1 is 0.696 bits per heavy atom. The molecule has 56 heavy (non-hydrogen) atoms. The van der Waals surface area contributed by atoms with Gasteiger partial charge >= 0.3 is 12.8 Å². The molecule has 0 fully saturated rings. The van der Waals surface area contributed by atoms with Crippen LogP contribution in [0.15, 0.2) is 109 Å². The Kier molecular flexibility index (Phi) is 10.0. The molecular weight excluding hydrogens is 735 g/mol. The van der Waals surface area contributed by atoms with Crippen LogP contribution in [-0.2, 0) is 6.18 Å². The topological polar surface area (TPSA) is 172 Å². The maximum absolute atomic E-state index is 12.7. The normalized spacial score (nSPS) is 11.4. The summed E-state index contributed by atoms with van der Waals surface area (Å²) in [6.07, 6.45) is -2.56. The largest absolute Gasteiger partial charge is 0.435 e. The first-order valence-corrected chi connectivity index (χ1v) is 16.7. The van der Waals surface area contributed by atoms with Crippen molar-refractivity contribution in [2.75, 3.05) is 22.1 Å². The lowest BCUT2D eigenvalue weighted by Gasteiger charge is -2.11. The first-order chi connectivity index (χ1) is 26.8. The smallest absolute Gasteiger partial charge is 0.416 e. The Bertz CT molecular complexity index is 2640. The summed E-state index contributed by atoms with van der Waals surface area (Å²) >= 11 is 0. The minimum absolute atomic E-state index is 0.0650. The average molecular weight is 767 g/mol. The fourth-order valence-electron chi connectivity index (χ4n) is 5.86. The van der Waals surface area contributed by atoms with Gasteiger partial charge in [-0.1, -0.05) is 18.2 Å². The molecule has 284 valence electrons. The molecular formula is C38H31F5N12O. The quantitative estimate of drug-likeness (QED) is 0.109. The molecule has 0 amide bonds. The standard InChI is InChI=1S/C19H15F3N6.C19H16F2N6O/c1-11-17(15-4-2-3-9-28(15)27-11)14-10-16(23)26-18(25-14)24-13-7-5-12(6-8-13)19(20,21)22;1-11-23-14-4-2-3-5-15(14)27(11)17-10-16(22)25-19(26-17)24-12-6-8-13(9-7-12)28-18(20)21/h2-10H,1H3,(H3,23,24,25,26);2-10,18H,1H3,(H3,22,24,25,26). The molecule has 5 heterocycles. The maximum Gasteiger partial charge on any atom is 0.416 e. The first kappa shape index (κ1) is 37.0. The van der Waals surface area contributed by atoms with Gasteiger partial charge in [-0.15, -0.1) is 0 Å². The van der Waals surface area contributed by atoms with Crippen LogP contribution in [0.1, 0.15) is 17.1 Å². The van der Waals surface area contributed by atoms with Crippen molar-refractivity contribution in [2.45, 2.75) is 26.6 Å². The highest BCUT2D eigenvalue weighted by Crippen LogP contribution is 2.32. The third-order valence-electron chi connectivity index (χ3n) is 8.21. The number of rotatable bonds is 8. The lowest BCUT2D eigenvalue weighted by atomic mass is 10.1. The second-order valence-electron chi connectivity index (χ2n) is 12.2. The molecule has 0 radical (unpaired) electrons. The molecule has 8 aromatic rings. The van der Waals surface area contributed by atoms with E-state index in [1.165, 1.54) is 24.3 Å². The Hall–Kier alpha value is -7.37. The minimum Gasteiger partial charge on any atom is -0.435 e. The number of benzene rings is 3. The number of halogens is 5. The van der Waals surface area contributed by atoms with Gasteiger partial charge < -0.3 is 26.8 Å². The molecule has 8 rings (SSSR count). The molecule has 0 aliphatic heterocycles. The Morgan fingerprint density at radius 3 is 1.98 bits per heavy atom. The molecule has 18 heteroatoms. The van der Waals surface area contributed by atoms with Crippen molar-refractivity contribution >= 4 is 51.5 Å². The van der Waals surface area contributed by atoms with Crippen molar-refractivity contribution in [3.63, 3.8) is 0 Å². The summed E-state index contributed by atoms with van der Waals surface area (Å²) in [6.45, 7) is 0.878. The Morgan fingerprint density at radius 2 is 1.30 bits per heavy atom. The predicted octanol–water partition coefficient (Wildman–Crippen LogP) is 8.50. The van der Waals surface area contributed by atoms with Crippen LogP contribution in [0.3, 0.4) is 0 Å². The number of hydrogen-bond acceptors (Lipinski definition) is 11. The van der Waals surface area contributed by atoms with E-state index >= 15 is 0 Å². The predicted molar refractivity (Wildman–Crippen MR) is 202 cm³/mol. The van der Waals surface area contributed by atoms with Crippen LogP contribution in [0.2, 0.25) is 0 Å². The average Bonchev–Trinajstić information content (AvgIpc) is 3.67. The molecule has 0 aliphatic rings. The van der Waals surface area contributed by atoms with E-state index in [2.05, 4.69) is 45.4 Å². The Balaban J connectivity index is 0.000000172. The zero-order chi connectivity index (χ0) is 39.6. The summed E-state index contributed by atoms with van der Waals surface area (Å²) in [5, 5.41) is 10.4. The van der Waals surface area contributed by atoms with Crippen LogP contribution in [0.25, 0.3) is 33.6 Å². The molecule has 0 unspecified atom stereocenters. The van der Waals surface area contributed by atoms with Gasteiger partial charge in [-0.2, -0.15) is 42.0 Å². The van der Waals surface area contributed by atoms with Gasteiger partial charge in [-0.25, -0.2) is 14.5 Å². The number of fused-ring (bicyclic) bond motifs is 2. The van der Waals surface area contributed by atoms with Crippen LogP contribution < -0.4 is 26.8 Å². The van der Waals surface area contributed by atoms with Gasteiger partial charge in [0.2, 0.25) is 11.9 Å². The molecule has 0 saturated carbocycles. The van der Waals surface area contributed by atoms with Crippen LogP contribution >= 0.6 is 0 Å². The number of nitrogens with zero attached hydrogens (tertiary/aromatic N) is 8. The summed E-state index contributed by atoms with van der Waals surface area (Å²) in [6, 6.07) is 27.3. The van der Waals surface area contributed by atoms with Crippen LogP contribution in [-0.4, -0.2) is 45.7 Å². The van der Waals surface area contributed by atoms with Crippen molar-refractivity contribution in [1.82, 2.24) is 39.1 Å². The van der Waals surface area contributed by atoms with Gasteiger partial charge in [0.05, 0.1) is 33.5 Å². The number of nitrogen functional groups attached to an aromatic ring is 2. The summed E-state index contributed by atoms with van der Waals surface area (Å²) in [5.41, 5.74) is 16.9. The van der Waals surface area contributed by atoms with Crippen molar-refractivity contribution in [2.24, 2.45) is 0 Å². The number of hydrogen-bond donors (Lipinski definition) is 4. The summed E-state index contributed by atoms with van der Waals surface area (Å²) in [5.74, 6) is 2.36. The van der Waals surface area contributed by atoms with Crippen LogP contribution in [0, 0.1) is 13.8 Å². The molecule has 3 aromatic carbocycles. The maximum atomic E-state index is 12.7. The van der Waals surface area contributed by atoms with Crippen molar-refractivity contribution in [1.29, 1.82) is 0 Å². The molecule has 0 bridgehead atoms. The van der Waals surface area contributed by atoms with Crippen molar-refractivity contribution < 1.29 is 26.7 Å². The molecule has 0 spiro atoms. The van der Waals surface area contributed by atoms with Gasteiger partial charge in [-0.05, 0) is 86.6 Å². The van der Waals surface area contributed by atoms with E-state index in [1.54, 1.807) is 28.8 Å². The fourth-order valence-corrected chi connectivity index (χ4v) is 5.86. The molecule has 13 nitrogen and oxygen atoms in total. The third-order valence-corrected chi connectivity index (χ3v) is 8.21. The number of nitrogens with two attached hydrogens (primary N) is 2. The molecule has 0 atom stereocenters. The number of ether oxygens (including phenoxy) is 1. The second kappa shape index (κ2) is 15.2. The fraction of sp³-hybridized carbons (Fsp3) is 0.105. The van der Waals surface area contributed by atoms with Gasteiger partial charge in [0.15, 0.2) is 0 Å². The van der Waals surface area contributed by atoms with E-state index in [0.717, 1.165) is 45.8 Å². The van der Waals surface area contributed by atoms with Crippen molar-refractivity contribution in [3.8, 4) is 22.8 Å². The molecule has 6 N–H and O–H groups in total. The van der Waals surface area contributed by atoms with E-state index in [4.69, 9.17) is 11.5 Å². The number of para-hydroxylation sites is 2. The zero-order valence-electron chi connectivity index (χ0n) is 29.5. The van der Waals surface area contributed by atoms with E-state index in [0.29, 0.717) is 22.9 Å². The SMILES string of the molecule is Cc1nc2ccccc2n1-c1cc(N)nc(Nc2ccc(OC(F)F)cc2)n1.Cc1nn2ccccc2c1-c1cc(N)nc(Nc2ccc(C(F)(F)F)cc2)n1. The van der Waals surface area contributed by atoms with E-state index in [1.807, 2.05) is 67.1 Å². The monoisotopic (exact) mass is 766 g/mol. The highest BCUT2D eigenvalue weighted by Gasteiger charge is 2.30. The summed E-state index contributed by atoms with van der Waals surface area (Å²) in [4.78, 5) is 21.8. The highest BCUT2D eigenvalue weighted by atomic mass is 19.4. The number of aryl methyl sites for hydroxylation is 2. The number of anilines is 6. The number of aromatic nitrogens is 8. The number of alkyl halides is 5. The molecule has 0 saturated heterocycles. The van der Waals surface area contributed by atoms with Gasteiger partial charge in [0.25, 0.3) is 0 Å². The third kappa shape index (κ3) is 8.23. The number of nitrogens with one attached hydrogen (secondary N) is 2. The highest BCUT2D eigenvalue weighted by molar-refractivity contribution is 5.82. The zero-order valence-corrected chi connectivity index (χ0v) is 29.5. The van der Waals surface area contributed by atoms with Crippen LogP contribution in [0.4, 0.5) is 56.9 Å². The van der Waals surface area contributed by atoms with Crippen LogP contribution in [0.5, 0.6) is 5.75 Å². The van der Waals surface area contributed by atoms with E-state index in [9.17, 15) is 22.0 Å². The van der Waals surface area contributed by atoms with Gasteiger partial charge in [0.1, 0.15) is 29.0 Å². The lowest BCUT2D eigenvalue weighted by Crippen LogP contribution is -2.07. The first-order valence-electron chi connectivity index (χ1n) is 16.7. The summed E-state index contributed by atoms with van der Waals surface area (Å²) in [7, 11) is 0. The summed E-state index contributed by atoms with van der Waals surface area (Å²) < 4.78 is 70.6. The number of pyridine rings is 1. The van der Waals surface area contributed by atoms with Gasteiger partial charge in [-0.3, -0.25) is 4.57 Å². The lowest BCUT2D eigenvalue weighted by molar-refractivity contribution is -0.137. The number of imidazole rings is 1. The molecule has 5 aromatic heterocycles. The van der Waals surface area contributed by atoms with Gasteiger partial charge in [0, 0.05) is 35.3 Å².